The van der Waals surface area contributed by atoms with Crippen LogP contribution in [0.2, 0.25) is 0 Å². The second-order valence-electron chi connectivity index (χ2n) is 5.48. The van der Waals surface area contributed by atoms with Crippen molar-refractivity contribution in [3.63, 3.8) is 0 Å². The third kappa shape index (κ3) is 4.23. The Morgan fingerprint density at radius 3 is 2.94 bits per heavy atom. The van der Waals surface area contributed by atoms with Gasteiger partial charge in [0.1, 0.15) is 0 Å². The molecule has 0 bridgehead atoms. The smallest absolute Gasteiger partial charge is 0.222 e. The van der Waals surface area contributed by atoms with Crippen LogP contribution < -0.4 is 10.6 Å². The van der Waals surface area contributed by atoms with E-state index in [4.69, 9.17) is 9.47 Å². The summed E-state index contributed by atoms with van der Waals surface area (Å²) >= 11 is 0. The number of nitrogens with one attached hydrogen (secondary N) is 2. The van der Waals surface area contributed by atoms with Gasteiger partial charge in [0.2, 0.25) is 5.91 Å². The van der Waals surface area contributed by atoms with Gasteiger partial charge in [-0.05, 0) is 39.3 Å². The molecule has 1 atom stereocenters. The fraction of sp³-hybridized carbons (Fsp3) is 0.923. The van der Waals surface area contributed by atoms with Gasteiger partial charge in [0.25, 0.3) is 0 Å². The first kappa shape index (κ1) is 13.8. The van der Waals surface area contributed by atoms with Gasteiger partial charge in [-0.2, -0.15) is 0 Å². The quantitative estimate of drug-likeness (QED) is 0.749. The summed E-state index contributed by atoms with van der Waals surface area (Å²) in [5.41, 5.74) is -0.175. The Labute approximate surface area is 109 Å². The standard InChI is InChI=1S/C13H24N2O3/c1-13(5-9-17-10-13)15-12(16)4-8-18-11-2-6-14-7-3-11/h11,14H,2-10H2,1H3,(H,15,16). The van der Waals surface area contributed by atoms with Crippen LogP contribution in [0, 0.1) is 0 Å². The fourth-order valence-electron chi connectivity index (χ4n) is 2.45. The van der Waals surface area contributed by atoms with Crippen LogP contribution >= 0.6 is 0 Å². The molecule has 2 rings (SSSR count). The zero-order valence-corrected chi connectivity index (χ0v) is 11.2. The first-order valence-electron chi connectivity index (χ1n) is 6.89. The van der Waals surface area contributed by atoms with Crippen LogP contribution in [0.15, 0.2) is 0 Å². The number of carbonyl (C=O) groups excluding carboxylic acids is 1. The molecule has 104 valence electrons. The maximum atomic E-state index is 11.8. The van der Waals surface area contributed by atoms with Crippen LogP contribution in [-0.2, 0) is 14.3 Å². The molecular formula is C13H24N2O3. The van der Waals surface area contributed by atoms with Gasteiger partial charge in [-0.25, -0.2) is 0 Å². The Hall–Kier alpha value is -0.650. The maximum absolute atomic E-state index is 11.8. The highest BCUT2D eigenvalue weighted by Crippen LogP contribution is 2.17. The lowest BCUT2D eigenvalue weighted by Crippen LogP contribution is -2.46. The van der Waals surface area contributed by atoms with Crippen molar-refractivity contribution < 1.29 is 14.3 Å². The van der Waals surface area contributed by atoms with Crippen molar-refractivity contribution in [3.05, 3.63) is 0 Å². The molecule has 2 N–H and O–H groups in total. The number of carbonyl (C=O) groups is 1. The maximum Gasteiger partial charge on any atom is 0.222 e. The minimum Gasteiger partial charge on any atom is -0.379 e. The van der Waals surface area contributed by atoms with Crippen molar-refractivity contribution in [3.8, 4) is 0 Å². The molecule has 2 aliphatic heterocycles. The topological polar surface area (TPSA) is 59.6 Å². The van der Waals surface area contributed by atoms with Crippen molar-refractivity contribution in [2.45, 2.75) is 44.2 Å². The predicted molar refractivity (Wildman–Crippen MR) is 68.4 cm³/mol. The van der Waals surface area contributed by atoms with Gasteiger partial charge < -0.3 is 20.1 Å². The van der Waals surface area contributed by atoms with Crippen molar-refractivity contribution in [2.75, 3.05) is 32.9 Å². The average Bonchev–Trinajstić information content (AvgIpc) is 2.77. The van der Waals surface area contributed by atoms with E-state index < -0.39 is 0 Å². The van der Waals surface area contributed by atoms with Crippen molar-refractivity contribution >= 4 is 5.91 Å². The molecule has 1 unspecified atom stereocenters. The zero-order chi connectivity index (χ0) is 12.8. The van der Waals surface area contributed by atoms with E-state index in [0.29, 0.717) is 25.7 Å². The Morgan fingerprint density at radius 2 is 2.28 bits per heavy atom. The van der Waals surface area contributed by atoms with Crippen LogP contribution in [-0.4, -0.2) is 50.5 Å². The molecular weight excluding hydrogens is 232 g/mol. The lowest BCUT2D eigenvalue weighted by Gasteiger charge is -2.25. The lowest BCUT2D eigenvalue weighted by molar-refractivity contribution is -0.124. The SMILES string of the molecule is CC1(NC(=O)CCOC2CCNCC2)CCOC1. The van der Waals surface area contributed by atoms with Gasteiger partial charge in [0.15, 0.2) is 0 Å². The van der Waals surface area contributed by atoms with E-state index in [2.05, 4.69) is 10.6 Å². The van der Waals surface area contributed by atoms with Crippen LogP contribution in [0.3, 0.4) is 0 Å². The van der Waals surface area contributed by atoms with E-state index in [-0.39, 0.29) is 11.4 Å². The molecule has 5 nitrogen and oxygen atoms in total. The van der Waals surface area contributed by atoms with Gasteiger partial charge in [-0.3, -0.25) is 4.79 Å². The first-order chi connectivity index (χ1) is 8.68. The molecule has 5 heteroatoms. The second-order valence-corrected chi connectivity index (χ2v) is 5.48. The molecule has 2 aliphatic rings. The zero-order valence-electron chi connectivity index (χ0n) is 11.2. The van der Waals surface area contributed by atoms with Crippen molar-refractivity contribution in [1.82, 2.24) is 10.6 Å². The molecule has 0 aliphatic carbocycles. The van der Waals surface area contributed by atoms with Gasteiger partial charge >= 0.3 is 0 Å². The molecule has 2 fully saturated rings. The van der Waals surface area contributed by atoms with E-state index in [1.807, 2.05) is 6.92 Å². The monoisotopic (exact) mass is 256 g/mol. The molecule has 0 aromatic rings. The highest BCUT2D eigenvalue weighted by Gasteiger charge is 2.30. The number of rotatable bonds is 5. The normalized spacial score (nSPS) is 29.4. The number of amides is 1. The summed E-state index contributed by atoms with van der Waals surface area (Å²) in [7, 11) is 0. The van der Waals surface area contributed by atoms with Crippen molar-refractivity contribution in [2.24, 2.45) is 0 Å². The second kappa shape index (κ2) is 6.50. The predicted octanol–water partition coefficient (Wildman–Crippen LogP) is 0.440. The Kier molecular flexibility index (Phi) is 4.97. The molecule has 0 aromatic heterocycles. The summed E-state index contributed by atoms with van der Waals surface area (Å²) in [4.78, 5) is 11.8. The molecule has 2 saturated heterocycles. The summed E-state index contributed by atoms with van der Waals surface area (Å²) in [6.07, 6.45) is 3.76. The number of hydrogen-bond acceptors (Lipinski definition) is 4. The van der Waals surface area contributed by atoms with E-state index in [0.717, 1.165) is 39.0 Å². The number of ether oxygens (including phenoxy) is 2. The Bertz CT molecular complexity index is 271. The van der Waals surface area contributed by atoms with E-state index in [1.165, 1.54) is 0 Å². The van der Waals surface area contributed by atoms with E-state index >= 15 is 0 Å². The number of hydrogen-bond donors (Lipinski definition) is 2. The molecule has 0 spiro atoms. The summed E-state index contributed by atoms with van der Waals surface area (Å²) in [5.74, 6) is 0.0666. The van der Waals surface area contributed by atoms with Gasteiger partial charge in [-0.1, -0.05) is 0 Å². The van der Waals surface area contributed by atoms with E-state index in [1.54, 1.807) is 0 Å². The minimum atomic E-state index is -0.175. The molecule has 2 heterocycles. The van der Waals surface area contributed by atoms with Crippen LogP contribution in [0.1, 0.15) is 32.6 Å². The largest absolute Gasteiger partial charge is 0.379 e. The third-order valence-electron chi connectivity index (χ3n) is 3.63. The average molecular weight is 256 g/mol. The molecule has 0 radical (unpaired) electrons. The van der Waals surface area contributed by atoms with Crippen LogP contribution in [0.4, 0.5) is 0 Å². The Morgan fingerprint density at radius 1 is 1.50 bits per heavy atom. The summed E-state index contributed by atoms with van der Waals surface area (Å²) in [5, 5.41) is 6.33. The highest BCUT2D eigenvalue weighted by atomic mass is 16.5. The summed E-state index contributed by atoms with van der Waals surface area (Å²) in [6, 6.07) is 0. The molecule has 1 amide bonds. The van der Waals surface area contributed by atoms with Gasteiger partial charge in [0, 0.05) is 13.0 Å². The molecule has 0 saturated carbocycles. The van der Waals surface area contributed by atoms with E-state index in [9.17, 15) is 4.79 Å². The molecule has 0 aromatic carbocycles. The van der Waals surface area contributed by atoms with Crippen LogP contribution in [0.5, 0.6) is 0 Å². The van der Waals surface area contributed by atoms with Crippen molar-refractivity contribution in [1.29, 1.82) is 0 Å². The summed E-state index contributed by atoms with van der Waals surface area (Å²) < 4.78 is 11.0. The van der Waals surface area contributed by atoms with Crippen LogP contribution in [0.25, 0.3) is 0 Å². The Balaban J connectivity index is 1.59. The third-order valence-corrected chi connectivity index (χ3v) is 3.63. The number of piperidine rings is 1. The minimum absolute atomic E-state index is 0.0666. The highest BCUT2D eigenvalue weighted by molar-refractivity contribution is 5.76. The first-order valence-corrected chi connectivity index (χ1v) is 6.89. The van der Waals surface area contributed by atoms with Gasteiger partial charge in [0.05, 0.1) is 24.9 Å². The van der Waals surface area contributed by atoms with Gasteiger partial charge in [-0.15, -0.1) is 0 Å². The fourth-order valence-corrected chi connectivity index (χ4v) is 2.45. The lowest BCUT2D eigenvalue weighted by atomic mass is 10.0. The summed E-state index contributed by atoms with van der Waals surface area (Å²) in [6.45, 7) is 5.95. The molecule has 18 heavy (non-hydrogen) atoms.